The van der Waals surface area contributed by atoms with E-state index in [9.17, 15) is 14.3 Å². The van der Waals surface area contributed by atoms with E-state index >= 15 is 0 Å². The number of aromatic nitrogens is 4. The molecule has 0 aliphatic carbocycles. The maximum atomic E-state index is 13.7. The molecule has 4 aromatic rings. The van der Waals surface area contributed by atoms with Crippen LogP contribution in [0.2, 0.25) is 0 Å². The number of rotatable bonds is 5. The molecule has 5 rings (SSSR count). The number of aliphatic hydroxyl groups excluding tert-OH is 1. The Labute approximate surface area is 195 Å². The van der Waals surface area contributed by atoms with Gasteiger partial charge in [-0.05, 0) is 36.4 Å². The number of imidazole rings is 1. The molecule has 0 unspecified atom stereocenters. The van der Waals surface area contributed by atoms with E-state index in [1.807, 2.05) is 34.9 Å². The maximum absolute atomic E-state index is 13.7. The second kappa shape index (κ2) is 9.36. The summed E-state index contributed by atoms with van der Waals surface area (Å²) in [6.45, 7) is 0. The highest BCUT2D eigenvalue weighted by molar-refractivity contribution is 5.82. The monoisotopic (exact) mass is 456 g/mol. The summed E-state index contributed by atoms with van der Waals surface area (Å²) in [7, 11) is 0. The van der Waals surface area contributed by atoms with E-state index in [1.165, 1.54) is 18.5 Å². The number of benzene rings is 2. The minimum absolute atomic E-state index is 0.0105. The first-order valence-corrected chi connectivity index (χ1v) is 10.8. The van der Waals surface area contributed by atoms with Crippen molar-refractivity contribution in [3.05, 3.63) is 85.1 Å². The van der Waals surface area contributed by atoms with Crippen LogP contribution in [0.25, 0.3) is 40.2 Å². The van der Waals surface area contributed by atoms with E-state index in [1.54, 1.807) is 36.7 Å². The van der Waals surface area contributed by atoms with Gasteiger partial charge in [-0.1, -0.05) is 30.3 Å². The fourth-order valence-electron chi connectivity index (χ4n) is 3.97. The summed E-state index contributed by atoms with van der Waals surface area (Å²) in [6.07, 6.45) is 5.55. The first kappa shape index (κ1) is 21.7. The fourth-order valence-corrected chi connectivity index (χ4v) is 3.97. The normalized spacial score (nSPS) is 18.2. The molecule has 170 valence electrons. The van der Waals surface area contributed by atoms with Crippen molar-refractivity contribution in [3.8, 4) is 34.0 Å². The second-order valence-corrected chi connectivity index (χ2v) is 7.93. The SMILES string of the molecule is O=C1C[C@H](O)C[C@@H](C=Cn2c(-c3ccccc3)nc(-c3ccncn3)c2-c2ccc(F)cc2)O1. The second-order valence-electron chi connectivity index (χ2n) is 7.93. The lowest BCUT2D eigenvalue weighted by Crippen LogP contribution is -2.31. The fraction of sp³-hybridized carbons (Fsp3) is 0.154. The standard InChI is InChI=1S/C26H21FN4O3/c27-19-8-6-17(7-9-19)25-24(22-10-12-28-16-29-22)30-26(18-4-2-1-3-5-18)31(25)13-11-21-14-20(32)15-23(33)34-21/h1-13,16,20-21,32H,14-15H2/t20-,21-/m1/s1. The van der Waals surface area contributed by atoms with E-state index in [0.29, 0.717) is 29.3 Å². The molecule has 2 aromatic heterocycles. The van der Waals surface area contributed by atoms with Crippen LogP contribution >= 0.6 is 0 Å². The molecular formula is C26H21FN4O3. The zero-order chi connectivity index (χ0) is 23.5. The summed E-state index contributed by atoms with van der Waals surface area (Å²) in [6, 6.07) is 17.5. The predicted molar refractivity (Wildman–Crippen MR) is 125 cm³/mol. The Hall–Kier alpha value is -4.17. The number of esters is 1. The number of halogens is 1. The van der Waals surface area contributed by atoms with Crippen molar-refractivity contribution in [2.45, 2.75) is 25.0 Å². The third kappa shape index (κ3) is 4.49. The molecule has 7 nitrogen and oxygen atoms in total. The van der Waals surface area contributed by atoms with Gasteiger partial charge in [-0.15, -0.1) is 0 Å². The van der Waals surface area contributed by atoms with E-state index in [2.05, 4.69) is 9.97 Å². The van der Waals surface area contributed by atoms with Crippen molar-refractivity contribution in [1.82, 2.24) is 19.5 Å². The van der Waals surface area contributed by atoms with Crippen molar-refractivity contribution in [1.29, 1.82) is 0 Å². The molecule has 0 saturated carbocycles. The molecule has 2 atom stereocenters. The van der Waals surface area contributed by atoms with Gasteiger partial charge in [0.1, 0.15) is 29.8 Å². The molecule has 0 bridgehead atoms. The minimum Gasteiger partial charge on any atom is -0.458 e. The highest BCUT2D eigenvalue weighted by atomic mass is 19.1. The van der Waals surface area contributed by atoms with Crippen LogP contribution in [0.3, 0.4) is 0 Å². The summed E-state index contributed by atoms with van der Waals surface area (Å²) in [5.41, 5.74) is 3.49. The number of aliphatic hydroxyl groups is 1. The largest absolute Gasteiger partial charge is 0.458 e. The van der Waals surface area contributed by atoms with Gasteiger partial charge in [-0.3, -0.25) is 9.36 Å². The Kier molecular flexibility index (Phi) is 5.97. The van der Waals surface area contributed by atoms with Gasteiger partial charge in [0.25, 0.3) is 0 Å². The van der Waals surface area contributed by atoms with E-state index < -0.39 is 18.2 Å². The van der Waals surface area contributed by atoms with Crippen LogP contribution in [-0.2, 0) is 9.53 Å². The number of carbonyl (C=O) groups excluding carboxylic acids is 1. The summed E-state index contributed by atoms with van der Waals surface area (Å²) in [4.78, 5) is 25.1. The Balaban J connectivity index is 1.71. The lowest BCUT2D eigenvalue weighted by atomic mass is 10.1. The van der Waals surface area contributed by atoms with Crippen molar-refractivity contribution >= 4 is 12.2 Å². The highest BCUT2D eigenvalue weighted by Gasteiger charge is 2.26. The van der Waals surface area contributed by atoms with E-state index in [-0.39, 0.29) is 12.2 Å². The van der Waals surface area contributed by atoms with Gasteiger partial charge in [-0.2, -0.15) is 0 Å². The Morgan fingerprint density at radius 3 is 2.56 bits per heavy atom. The lowest BCUT2D eigenvalue weighted by Gasteiger charge is -2.23. The number of cyclic esters (lactones) is 1. The van der Waals surface area contributed by atoms with Crippen LogP contribution in [0, 0.1) is 5.82 Å². The van der Waals surface area contributed by atoms with Crippen molar-refractivity contribution in [2.24, 2.45) is 0 Å². The van der Waals surface area contributed by atoms with Crippen molar-refractivity contribution < 1.29 is 19.0 Å². The van der Waals surface area contributed by atoms with Gasteiger partial charge < -0.3 is 9.84 Å². The van der Waals surface area contributed by atoms with Gasteiger partial charge in [0.05, 0.1) is 23.9 Å². The number of nitrogens with zero attached hydrogens (tertiary/aromatic N) is 4. The van der Waals surface area contributed by atoms with Crippen LogP contribution in [0.1, 0.15) is 12.8 Å². The molecule has 8 heteroatoms. The zero-order valence-electron chi connectivity index (χ0n) is 18.1. The average molecular weight is 456 g/mol. The Morgan fingerprint density at radius 1 is 1.06 bits per heavy atom. The van der Waals surface area contributed by atoms with Crippen molar-refractivity contribution in [3.63, 3.8) is 0 Å². The molecule has 2 aromatic carbocycles. The van der Waals surface area contributed by atoms with Gasteiger partial charge in [0, 0.05) is 29.9 Å². The summed E-state index contributed by atoms with van der Waals surface area (Å²) in [5.74, 6) is -0.157. The van der Waals surface area contributed by atoms with Crippen molar-refractivity contribution in [2.75, 3.05) is 0 Å². The van der Waals surface area contributed by atoms with Gasteiger partial charge in [0.2, 0.25) is 0 Å². The number of hydrogen-bond acceptors (Lipinski definition) is 6. The highest BCUT2D eigenvalue weighted by Crippen LogP contribution is 2.36. The molecule has 0 radical (unpaired) electrons. The zero-order valence-corrected chi connectivity index (χ0v) is 18.1. The first-order valence-electron chi connectivity index (χ1n) is 10.8. The van der Waals surface area contributed by atoms with Crippen LogP contribution < -0.4 is 0 Å². The molecule has 0 amide bonds. The third-order valence-electron chi connectivity index (χ3n) is 5.52. The summed E-state index contributed by atoms with van der Waals surface area (Å²) in [5, 5.41) is 9.99. The third-order valence-corrected chi connectivity index (χ3v) is 5.52. The van der Waals surface area contributed by atoms with Gasteiger partial charge in [-0.25, -0.2) is 19.3 Å². The quantitative estimate of drug-likeness (QED) is 0.449. The average Bonchev–Trinajstić information content (AvgIpc) is 3.23. The molecule has 3 heterocycles. The molecule has 1 aliphatic heterocycles. The topological polar surface area (TPSA) is 90.1 Å². The van der Waals surface area contributed by atoms with Gasteiger partial charge in [0.15, 0.2) is 0 Å². The molecule has 1 fully saturated rings. The molecule has 1 saturated heterocycles. The number of ether oxygens (including phenoxy) is 1. The molecular weight excluding hydrogens is 435 g/mol. The molecule has 1 N–H and O–H groups in total. The lowest BCUT2D eigenvalue weighted by molar-refractivity contribution is -0.156. The maximum Gasteiger partial charge on any atom is 0.309 e. The first-order chi connectivity index (χ1) is 16.6. The Bertz CT molecular complexity index is 1320. The molecule has 34 heavy (non-hydrogen) atoms. The van der Waals surface area contributed by atoms with E-state index in [4.69, 9.17) is 9.72 Å². The summed E-state index contributed by atoms with van der Waals surface area (Å²) < 4.78 is 21.0. The number of hydrogen-bond donors (Lipinski definition) is 1. The molecule has 1 aliphatic rings. The Morgan fingerprint density at radius 2 is 1.85 bits per heavy atom. The summed E-state index contributed by atoms with van der Waals surface area (Å²) >= 11 is 0. The molecule has 0 spiro atoms. The van der Waals surface area contributed by atoms with Crippen LogP contribution in [0.4, 0.5) is 4.39 Å². The van der Waals surface area contributed by atoms with Crippen LogP contribution in [0.15, 0.2) is 79.3 Å². The minimum atomic E-state index is -0.750. The smallest absolute Gasteiger partial charge is 0.309 e. The van der Waals surface area contributed by atoms with E-state index in [0.717, 1.165) is 11.1 Å². The van der Waals surface area contributed by atoms with Crippen LogP contribution in [0.5, 0.6) is 0 Å². The van der Waals surface area contributed by atoms with Gasteiger partial charge >= 0.3 is 5.97 Å². The van der Waals surface area contributed by atoms with Crippen LogP contribution in [-0.4, -0.2) is 42.8 Å². The predicted octanol–water partition coefficient (Wildman–Crippen LogP) is 4.35. The number of carbonyl (C=O) groups is 1.